The van der Waals surface area contributed by atoms with Gasteiger partial charge in [0.25, 0.3) is 0 Å². The largest absolute Gasteiger partial charge is 0.315 e. The maximum Gasteiger partial charge on any atom is 0.206 e. The molecule has 2 nitrogen and oxygen atoms in total. The predicted molar refractivity (Wildman–Crippen MR) is 29.1 cm³/mol. The fourth-order valence-electron chi connectivity index (χ4n) is 1.50. The first kappa shape index (κ1) is 4.50. The SMILES string of the molecule is O=[C]C12CNCC1C2. The van der Waals surface area contributed by atoms with E-state index in [1.54, 1.807) is 0 Å². The highest BCUT2D eigenvalue weighted by molar-refractivity contribution is 5.67. The summed E-state index contributed by atoms with van der Waals surface area (Å²) < 4.78 is 0. The maximum atomic E-state index is 10.2. The van der Waals surface area contributed by atoms with Gasteiger partial charge in [0.1, 0.15) is 0 Å². The highest BCUT2D eigenvalue weighted by Crippen LogP contribution is 2.52. The Labute approximate surface area is 48.3 Å². The molecule has 1 saturated heterocycles. The second kappa shape index (κ2) is 1.13. The molecule has 0 aromatic carbocycles. The van der Waals surface area contributed by atoms with Gasteiger partial charge in [0.15, 0.2) is 0 Å². The van der Waals surface area contributed by atoms with Gasteiger partial charge in [0.2, 0.25) is 6.29 Å². The van der Waals surface area contributed by atoms with Gasteiger partial charge in [-0.2, -0.15) is 0 Å². The number of rotatable bonds is 1. The van der Waals surface area contributed by atoms with Crippen molar-refractivity contribution in [3.8, 4) is 0 Å². The van der Waals surface area contributed by atoms with Gasteiger partial charge >= 0.3 is 0 Å². The zero-order valence-corrected chi connectivity index (χ0v) is 4.61. The predicted octanol–water partition coefficient (Wildman–Crippen LogP) is -0.294. The van der Waals surface area contributed by atoms with Gasteiger partial charge in [-0.1, -0.05) is 0 Å². The minimum absolute atomic E-state index is 0.0139. The number of hydrogen-bond donors (Lipinski definition) is 1. The van der Waals surface area contributed by atoms with Crippen molar-refractivity contribution in [2.24, 2.45) is 11.3 Å². The zero-order chi connectivity index (χ0) is 5.61. The average Bonchev–Trinajstić information content (AvgIpc) is 2.38. The van der Waals surface area contributed by atoms with Crippen molar-refractivity contribution in [3.05, 3.63) is 0 Å². The van der Waals surface area contributed by atoms with Crippen molar-refractivity contribution >= 4 is 6.29 Å². The Morgan fingerprint density at radius 1 is 1.75 bits per heavy atom. The highest BCUT2D eigenvalue weighted by Gasteiger charge is 2.58. The Morgan fingerprint density at radius 3 is 2.88 bits per heavy atom. The smallest absolute Gasteiger partial charge is 0.206 e. The monoisotopic (exact) mass is 110 g/mol. The van der Waals surface area contributed by atoms with Crippen LogP contribution < -0.4 is 5.32 Å². The van der Waals surface area contributed by atoms with E-state index in [-0.39, 0.29) is 5.41 Å². The molecule has 2 aliphatic rings. The molecule has 0 bridgehead atoms. The molecule has 0 spiro atoms. The molecule has 8 heavy (non-hydrogen) atoms. The number of piperidine rings is 1. The van der Waals surface area contributed by atoms with E-state index in [2.05, 4.69) is 11.6 Å². The van der Waals surface area contributed by atoms with Gasteiger partial charge in [-0.25, -0.2) is 0 Å². The average molecular weight is 110 g/mol. The van der Waals surface area contributed by atoms with Gasteiger partial charge in [0, 0.05) is 6.54 Å². The van der Waals surface area contributed by atoms with Gasteiger partial charge in [-0.3, -0.25) is 4.79 Å². The molecule has 1 radical (unpaired) electrons. The van der Waals surface area contributed by atoms with E-state index in [1.807, 2.05) is 0 Å². The molecule has 2 atom stereocenters. The van der Waals surface area contributed by atoms with Crippen molar-refractivity contribution in [1.29, 1.82) is 0 Å². The van der Waals surface area contributed by atoms with Gasteiger partial charge in [0.05, 0.1) is 5.41 Å². The fraction of sp³-hybridized carbons (Fsp3) is 0.833. The number of fused-ring (bicyclic) bond motifs is 1. The Bertz CT molecular complexity index is 134. The van der Waals surface area contributed by atoms with E-state index in [0.29, 0.717) is 5.92 Å². The van der Waals surface area contributed by atoms with Crippen molar-refractivity contribution in [1.82, 2.24) is 5.32 Å². The molecule has 2 unspecified atom stereocenters. The van der Waals surface area contributed by atoms with Crippen LogP contribution in [0.3, 0.4) is 0 Å². The molecular formula is C6H8NO. The molecule has 1 aliphatic heterocycles. The third-order valence-electron chi connectivity index (χ3n) is 2.27. The fourth-order valence-corrected chi connectivity index (χ4v) is 1.50. The zero-order valence-electron chi connectivity index (χ0n) is 4.61. The van der Waals surface area contributed by atoms with Gasteiger partial charge < -0.3 is 5.32 Å². The van der Waals surface area contributed by atoms with Crippen LogP contribution in [0.5, 0.6) is 0 Å². The minimum Gasteiger partial charge on any atom is -0.315 e. The highest BCUT2D eigenvalue weighted by atomic mass is 16.1. The van der Waals surface area contributed by atoms with Crippen LogP contribution in [-0.4, -0.2) is 19.4 Å². The number of nitrogens with one attached hydrogen (secondary N) is 1. The van der Waals surface area contributed by atoms with Crippen LogP contribution in [0.25, 0.3) is 0 Å². The summed E-state index contributed by atoms with van der Waals surface area (Å²) in [5, 5.41) is 3.15. The molecule has 43 valence electrons. The summed E-state index contributed by atoms with van der Waals surface area (Å²) >= 11 is 0. The lowest BCUT2D eigenvalue weighted by atomic mass is 10.1. The first-order valence-electron chi connectivity index (χ1n) is 2.97. The van der Waals surface area contributed by atoms with E-state index >= 15 is 0 Å². The van der Waals surface area contributed by atoms with E-state index in [4.69, 9.17) is 0 Å². The lowest BCUT2D eigenvalue weighted by Gasteiger charge is -1.95. The summed E-state index contributed by atoms with van der Waals surface area (Å²) in [6, 6.07) is 0. The normalized spacial score (nSPS) is 50.8. The van der Waals surface area contributed by atoms with Gasteiger partial charge in [-0.15, -0.1) is 0 Å². The van der Waals surface area contributed by atoms with Crippen LogP contribution in [0, 0.1) is 11.3 Å². The minimum atomic E-state index is -0.0139. The third-order valence-corrected chi connectivity index (χ3v) is 2.27. The van der Waals surface area contributed by atoms with Crippen LogP contribution in [0.1, 0.15) is 6.42 Å². The van der Waals surface area contributed by atoms with E-state index in [9.17, 15) is 4.79 Å². The summed E-state index contributed by atoms with van der Waals surface area (Å²) in [5.41, 5.74) is -0.0139. The van der Waals surface area contributed by atoms with Crippen molar-refractivity contribution in [2.75, 3.05) is 13.1 Å². The van der Waals surface area contributed by atoms with Crippen LogP contribution in [0.2, 0.25) is 0 Å². The molecule has 2 rings (SSSR count). The quantitative estimate of drug-likeness (QED) is 0.502. The molecule has 1 N–H and O–H groups in total. The lowest BCUT2D eigenvalue weighted by Crippen LogP contribution is -2.16. The van der Waals surface area contributed by atoms with Crippen LogP contribution in [0.4, 0.5) is 0 Å². The Balaban J connectivity index is 2.18. The van der Waals surface area contributed by atoms with Crippen molar-refractivity contribution in [2.45, 2.75) is 6.42 Å². The molecule has 0 aromatic rings. The topological polar surface area (TPSA) is 29.1 Å². The van der Waals surface area contributed by atoms with Crippen molar-refractivity contribution < 1.29 is 4.79 Å². The summed E-state index contributed by atoms with van der Waals surface area (Å²) in [6.07, 6.45) is 3.19. The summed E-state index contributed by atoms with van der Waals surface area (Å²) in [7, 11) is 0. The lowest BCUT2D eigenvalue weighted by molar-refractivity contribution is 0.515. The number of hydrogen-bond acceptors (Lipinski definition) is 2. The van der Waals surface area contributed by atoms with Gasteiger partial charge in [-0.05, 0) is 18.9 Å². The molecule has 1 aliphatic carbocycles. The third kappa shape index (κ3) is 0.348. The molecule has 2 fully saturated rings. The van der Waals surface area contributed by atoms with Crippen LogP contribution >= 0.6 is 0 Å². The Hall–Kier alpha value is -0.370. The van der Waals surface area contributed by atoms with E-state index in [1.165, 1.54) is 0 Å². The summed E-state index contributed by atoms with van der Waals surface area (Å²) in [6.45, 7) is 1.91. The van der Waals surface area contributed by atoms with Crippen LogP contribution in [-0.2, 0) is 4.79 Å². The molecular weight excluding hydrogens is 102 g/mol. The maximum absolute atomic E-state index is 10.2. The molecule has 0 aromatic heterocycles. The summed E-state index contributed by atoms with van der Waals surface area (Å²) in [4.78, 5) is 10.2. The van der Waals surface area contributed by atoms with Crippen molar-refractivity contribution in [3.63, 3.8) is 0 Å². The van der Waals surface area contributed by atoms with E-state index < -0.39 is 0 Å². The molecule has 1 saturated carbocycles. The first-order valence-corrected chi connectivity index (χ1v) is 2.97. The first-order chi connectivity index (χ1) is 3.87. The molecule has 0 amide bonds. The second-order valence-corrected chi connectivity index (χ2v) is 2.79. The Morgan fingerprint density at radius 2 is 2.62 bits per heavy atom. The summed E-state index contributed by atoms with van der Waals surface area (Å²) in [5.74, 6) is 0.639. The van der Waals surface area contributed by atoms with Crippen LogP contribution in [0.15, 0.2) is 0 Å². The second-order valence-electron chi connectivity index (χ2n) is 2.79. The molecule has 1 heterocycles. The number of carbonyl (C=O) groups excluding carboxylic acids is 1. The Kier molecular flexibility index (Phi) is 0.637. The van der Waals surface area contributed by atoms with E-state index in [0.717, 1.165) is 19.5 Å². The molecule has 2 heteroatoms. The standard InChI is InChI=1S/C6H8NO/c8-4-6-1-5(6)2-7-3-6/h5,7H,1-3H2.